The van der Waals surface area contributed by atoms with E-state index in [9.17, 15) is 9.90 Å². The summed E-state index contributed by atoms with van der Waals surface area (Å²) < 4.78 is 0. The fraction of sp³-hybridized carbons (Fsp3) is 0.278. The van der Waals surface area contributed by atoms with Crippen LogP contribution < -0.4 is 0 Å². The maximum atomic E-state index is 12.6. The SMILES string of the molecule is O=C(C(O)c1ccccc1)N1CCCC1c1ccccc1. The molecule has 1 N–H and O–H groups in total. The van der Waals surface area contributed by atoms with Crippen LogP contribution in [0.5, 0.6) is 0 Å². The van der Waals surface area contributed by atoms with Crippen molar-refractivity contribution in [2.45, 2.75) is 25.0 Å². The lowest BCUT2D eigenvalue weighted by atomic mass is 10.0. The molecule has 108 valence electrons. The van der Waals surface area contributed by atoms with Crippen molar-refractivity contribution in [3.05, 3.63) is 71.8 Å². The van der Waals surface area contributed by atoms with Crippen LogP contribution in [0.4, 0.5) is 0 Å². The van der Waals surface area contributed by atoms with E-state index in [1.54, 1.807) is 12.1 Å². The van der Waals surface area contributed by atoms with E-state index in [-0.39, 0.29) is 11.9 Å². The molecule has 0 bridgehead atoms. The number of likely N-dealkylation sites (tertiary alicyclic amines) is 1. The van der Waals surface area contributed by atoms with E-state index in [1.165, 1.54) is 0 Å². The van der Waals surface area contributed by atoms with Crippen molar-refractivity contribution in [2.75, 3.05) is 6.54 Å². The van der Waals surface area contributed by atoms with Gasteiger partial charge in [0.1, 0.15) is 0 Å². The predicted octanol–water partition coefficient (Wildman–Crippen LogP) is 3.08. The molecule has 0 aromatic heterocycles. The van der Waals surface area contributed by atoms with Gasteiger partial charge in [-0.2, -0.15) is 0 Å². The number of aliphatic hydroxyl groups excluding tert-OH is 1. The highest BCUT2D eigenvalue weighted by atomic mass is 16.3. The van der Waals surface area contributed by atoms with Gasteiger partial charge < -0.3 is 10.0 Å². The second kappa shape index (κ2) is 6.10. The molecule has 2 atom stereocenters. The number of hydrogen-bond donors (Lipinski definition) is 1. The molecule has 3 nitrogen and oxygen atoms in total. The van der Waals surface area contributed by atoms with Crippen LogP contribution in [-0.4, -0.2) is 22.5 Å². The van der Waals surface area contributed by atoms with Gasteiger partial charge >= 0.3 is 0 Å². The number of hydrogen-bond acceptors (Lipinski definition) is 2. The van der Waals surface area contributed by atoms with Gasteiger partial charge in [-0.05, 0) is 24.0 Å². The van der Waals surface area contributed by atoms with Gasteiger partial charge in [-0.25, -0.2) is 0 Å². The van der Waals surface area contributed by atoms with Gasteiger partial charge in [0, 0.05) is 6.54 Å². The molecular weight excluding hydrogens is 262 g/mol. The zero-order valence-electron chi connectivity index (χ0n) is 11.9. The maximum absolute atomic E-state index is 12.6. The summed E-state index contributed by atoms with van der Waals surface area (Å²) in [5.41, 5.74) is 1.80. The first-order chi connectivity index (χ1) is 10.3. The Hall–Kier alpha value is -2.13. The Morgan fingerprint density at radius 2 is 1.67 bits per heavy atom. The summed E-state index contributed by atoms with van der Waals surface area (Å²) in [6, 6.07) is 19.3. The van der Waals surface area contributed by atoms with Crippen molar-refractivity contribution in [3.8, 4) is 0 Å². The van der Waals surface area contributed by atoms with Crippen molar-refractivity contribution < 1.29 is 9.90 Å². The van der Waals surface area contributed by atoms with Crippen LogP contribution >= 0.6 is 0 Å². The van der Waals surface area contributed by atoms with Crippen LogP contribution in [0.25, 0.3) is 0 Å². The lowest BCUT2D eigenvalue weighted by Crippen LogP contribution is -2.34. The smallest absolute Gasteiger partial charge is 0.256 e. The summed E-state index contributed by atoms with van der Waals surface area (Å²) in [4.78, 5) is 14.4. The van der Waals surface area contributed by atoms with E-state index in [1.807, 2.05) is 53.4 Å². The molecule has 1 saturated heterocycles. The Bertz CT molecular complexity index is 597. The molecule has 1 amide bonds. The molecule has 3 heteroatoms. The summed E-state index contributed by atoms with van der Waals surface area (Å²) in [5, 5.41) is 10.3. The topological polar surface area (TPSA) is 40.5 Å². The molecule has 1 fully saturated rings. The first-order valence-corrected chi connectivity index (χ1v) is 7.36. The van der Waals surface area contributed by atoms with Gasteiger partial charge in [-0.15, -0.1) is 0 Å². The minimum atomic E-state index is -1.07. The van der Waals surface area contributed by atoms with Crippen LogP contribution in [0.2, 0.25) is 0 Å². The molecule has 0 radical (unpaired) electrons. The number of carbonyl (C=O) groups excluding carboxylic acids is 1. The lowest BCUT2D eigenvalue weighted by Gasteiger charge is -2.27. The number of amides is 1. The van der Waals surface area contributed by atoms with E-state index >= 15 is 0 Å². The Morgan fingerprint density at radius 1 is 1.05 bits per heavy atom. The third-order valence-corrected chi connectivity index (χ3v) is 4.07. The summed E-state index contributed by atoms with van der Waals surface area (Å²) in [7, 11) is 0. The lowest BCUT2D eigenvalue weighted by molar-refractivity contribution is -0.141. The number of benzene rings is 2. The highest BCUT2D eigenvalue weighted by Gasteiger charge is 2.33. The van der Waals surface area contributed by atoms with Crippen molar-refractivity contribution in [3.63, 3.8) is 0 Å². The Morgan fingerprint density at radius 3 is 2.33 bits per heavy atom. The van der Waals surface area contributed by atoms with E-state index < -0.39 is 6.10 Å². The fourth-order valence-electron chi connectivity index (χ4n) is 2.99. The first kappa shape index (κ1) is 13.8. The molecule has 3 rings (SSSR count). The molecule has 1 aliphatic rings. The minimum Gasteiger partial charge on any atom is -0.378 e. The third kappa shape index (κ3) is 2.83. The molecule has 0 aliphatic carbocycles. The number of carbonyl (C=O) groups is 1. The third-order valence-electron chi connectivity index (χ3n) is 4.07. The zero-order valence-corrected chi connectivity index (χ0v) is 11.9. The average Bonchev–Trinajstić information content (AvgIpc) is 3.04. The molecule has 1 aliphatic heterocycles. The van der Waals surface area contributed by atoms with Gasteiger partial charge in [-0.1, -0.05) is 60.7 Å². The standard InChI is InChI=1S/C18H19NO2/c20-17(15-10-5-2-6-11-15)18(21)19-13-7-12-16(19)14-8-3-1-4-9-14/h1-6,8-11,16-17,20H,7,12-13H2. The van der Waals surface area contributed by atoms with Crippen molar-refractivity contribution in [2.24, 2.45) is 0 Å². The van der Waals surface area contributed by atoms with E-state index in [4.69, 9.17) is 0 Å². The van der Waals surface area contributed by atoms with Crippen molar-refractivity contribution >= 4 is 5.91 Å². The second-order valence-corrected chi connectivity index (χ2v) is 5.41. The quantitative estimate of drug-likeness (QED) is 0.939. The number of rotatable bonds is 3. The van der Waals surface area contributed by atoms with Gasteiger partial charge in [0.25, 0.3) is 5.91 Å². The largest absolute Gasteiger partial charge is 0.378 e. The molecule has 2 aromatic rings. The first-order valence-electron chi connectivity index (χ1n) is 7.36. The predicted molar refractivity (Wildman–Crippen MR) is 81.5 cm³/mol. The van der Waals surface area contributed by atoms with Gasteiger partial charge in [0.15, 0.2) is 6.10 Å². The second-order valence-electron chi connectivity index (χ2n) is 5.41. The molecule has 2 unspecified atom stereocenters. The fourth-order valence-corrected chi connectivity index (χ4v) is 2.99. The Balaban J connectivity index is 1.81. The summed E-state index contributed by atoms with van der Waals surface area (Å²) in [5.74, 6) is -0.201. The van der Waals surface area contributed by atoms with Crippen LogP contribution in [0.15, 0.2) is 60.7 Å². The number of aliphatic hydroxyl groups is 1. The molecule has 0 saturated carbocycles. The van der Waals surface area contributed by atoms with E-state index in [2.05, 4.69) is 0 Å². The normalized spacial score (nSPS) is 19.5. The van der Waals surface area contributed by atoms with Gasteiger partial charge in [-0.3, -0.25) is 4.79 Å². The molecule has 0 spiro atoms. The highest BCUT2D eigenvalue weighted by Crippen LogP contribution is 2.33. The Labute approximate surface area is 124 Å². The summed E-state index contributed by atoms with van der Waals surface area (Å²) in [6.45, 7) is 0.711. The van der Waals surface area contributed by atoms with Crippen LogP contribution in [0, 0.1) is 0 Å². The maximum Gasteiger partial charge on any atom is 0.256 e. The van der Waals surface area contributed by atoms with Crippen molar-refractivity contribution in [1.82, 2.24) is 4.90 Å². The van der Waals surface area contributed by atoms with Crippen molar-refractivity contribution in [1.29, 1.82) is 0 Å². The van der Waals surface area contributed by atoms with Gasteiger partial charge in [0.2, 0.25) is 0 Å². The van der Waals surface area contributed by atoms with E-state index in [0.717, 1.165) is 18.4 Å². The molecular formula is C18H19NO2. The van der Waals surface area contributed by atoms with Crippen LogP contribution in [0.1, 0.15) is 36.1 Å². The monoisotopic (exact) mass is 281 g/mol. The Kier molecular flexibility index (Phi) is 4.02. The zero-order chi connectivity index (χ0) is 14.7. The molecule has 1 heterocycles. The van der Waals surface area contributed by atoms with Crippen LogP contribution in [0.3, 0.4) is 0 Å². The average molecular weight is 281 g/mol. The molecule has 2 aromatic carbocycles. The summed E-state index contributed by atoms with van der Waals surface area (Å²) >= 11 is 0. The summed E-state index contributed by atoms with van der Waals surface area (Å²) in [6.07, 6.45) is 0.861. The van der Waals surface area contributed by atoms with E-state index in [0.29, 0.717) is 12.1 Å². The molecule has 21 heavy (non-hydrogen) atoms. The van der Waals surface area contributed by atoms with Crippen LogP contribution in [-0.2, 0) is 4.79 Å². The number of nitrogens with zero attached hydrogens (tertiary/aromatic N) is 1. The highest BCUT2D eigenvalue weighted by molar-refractivity contribution is 5.82. The van der Waals surface area contributed by atoms with Gasteiger partial charge in [0.05, 0.1) is 6.04 Å². The minimum absolute atomic E-state index is 0.0806.